The first-order valence-electron chi connectivity index (χ1n) is 6.95. The van der Waals surface area contributed by atoms with E-state index in [2.05, 4.69) is 10.0 Å². The van der Waals surface area contributed by atoms with Crippen molar-refractivity contribution in [2.24, 2.45) is 0 Å². The molecule has 0 atom stereocenters. The number of benzene rings is 1. The summed E-state index contributed by atoms with van der Waals surface area (Å²) >= 11 is 0. The van der Waals surface area contributed by atoms with Crippen LogP contribution in [0.1, 0.15) is 17.5 Å². The molecule has 1 aromatic rings. The Balaban J connectivity index is 2.27. The molecule has 1 aliphatic rings. The maximum atomic E-state index is 12.4. The van der Waals surface area contributed by atoms with Gasteiger partial charge in [0.15, 0.2) is 0 Å². The molecule has 0 saturated carbocycles. The molecule has 0 aliphatic carbocycles. The van der Waals surface area contributed by atoms with E-state index in [9.17, 15) is 18.5 Å². The number of rotatable bonds is 5. The van der Waals surface area contributed by atoms with E-state index < -0.39 is 14.9 Å². The highest BCUT2D eigenvalue weighted by Crippen LogP contribution is 2.25. The van der Waals surface area contributed by atoms with Crippen LogP contribution >= 0.6 is 0 Å². The lowest BCUT2D eigenvalue weighted by molar-refractivity contribution is -0.385. The van der Waals surface area contributed by atoms with Crippen LogP contribution in [0.15, 0.2) is 28.7 Å². The maximum Gasteiger partial charge on any atom is 0.273 e. The van der Waals surface area contributed by atoms with Gasteiger partial charge in [0.25, 0.3) is 5.69 Å². The smallest absolute Gasteiger partial charge is 0.273 e. The molecular weight excluding hydrogens is 306 g/mol. The molecular formula is C14H19N3O4S. The molecule has 0 spiro atoms. The van der Waals surface area contributed by atoms with E-state index in [4.69, 9.17) is 0 Å². The molecule has 0 amide bonds. The fourth-order valence-electron chi connectivity index (χ4n) is 2.40. The fraction of sp³-hybridized carbons (Fsp3) is 0.429. The zero-order valence-electron chi connectivity index (χ0n) is 12.5. The molecule has 0 aromatic heterocycles. The van der Waals surface area contributed by atoms with Crippen molar-refractivity contribution < 1.29 is 13.3 Å². The highest BCUT2D eigenvalue weighted by Gasteiger charge is 2.22. The number of hydrogen-bond acceptors (Lipinski definition) is 5. The Bertz CT molecular complexity index is 726. The molecule has 7 nitrogen and oxygen atoms in total. The summed E-state index contributed by atoms with van der Waals surface area (Å²) in [4.78, 5) is 10.4. The molecule has 1 aromatic carbocycles. The second kappa shape index (κ2) is 6.55. The molecule has 0 bridgehead atoms. The molecule has 1 heterocycles. The van der Waals surface area contributed by atoms with Crippen LogP contribution in [0.5, 0.6) is 0 Å². The lowest BCUT2D eigenvalue weighted by atomic mass is 10.1. The van der Waals surface area contributed by atoms with Gasteiger partial charge in [-0.2, -0.15) is 0 Å². The Morgan fingerprint density at radius 2 is 2.05 bits per heavy atom. The number of nitrogens with one attached hydrogen (secondary N) is 2. The van der Waals surface area contributed by atoms with E-state index in [0.717, 1.165) is 31.1 Å². The molecule has 0 saturated heterocycles. The second-order valence-electron chi connectivity index (χ2n) is 5.30. The van der Waals surface area contributed by atoms with Crippen molar-refractivity contribution in [3.05, 3.63) is 45.0 Å². The van der Waals surface area contributed by atoms with E-state index in [0.29, 0.717) is 11.1 Å². The van der Waals surface area contributed by atoms with Crippen LogP contribution in [0.25, 0.3) is 0 Å². The molecule has 2 N–H and O–H groups in total. The van der Waals surface area contributed by atoms with E-state index >= 15 is 0 Å². The van der Waals surface area contributed by atoms with E-state index in [-0.39, 0.29) is 17.1 Å². The third-order valence-electron chi connectivity index (χ3n) is 3.63. The fourth-order valence-corrected chi connectivity index (χ4v) is 3.68. The van der Waals surface area contributed by atoms with Crippen molar-refractivity contribution in [2.45, 2.75) is 25.2 Å². The minimum absolute atomic E-state index is 0.0423. The summed E-state index contributed by atoms with van der Waals surface area (Å²) in [5.41, 5.74) is 1.77. The topological polar surface area (TPSA) is 101 Å². The third kappa shape index (κ3) is 3.70. The van der Waals surface area contributed by atoms with E-state index in [1.165, 1.54) is 6.07 Å². The first-order chi connectivity index (χ1) is 10.3. The van der Waals surface area contributed by atoms with Crippen molar-refractivity contribution in [1.82, 2.24) is 10.0 Å². The van der Waals surface area contributed by atoms with Crippen LogP contribution in [-0.4, -0.2) is 33.0 Å². The van der Waals surface area contributed by atoms with Gasteiger partial charge in [-0.1, -0.05) is 11.6 Å². The highest BCUT2D eigenvalue weighted by atomic mass is 32.2. The summed E-state index contributed by atoms with van der Waals surface area (Å²) in [6.07, 6.45) is 2.74. The van der Waals surface area contributed by atoms with Crippen molar-refractivity contribution in [3.63, 3.8) is 0 Å². The number of nitrogens with zero attached hydrogens (tertiary/aromatic N) is 1. The van der Waals surface area contributed by atoms with Crippen molar-refractivity contribution in [1.29, 1.82) is 0 Å². The molecule has 2 rings (SSSR count). The van der Waals surface area contributed by atoms with Gasteiger partial charge in [0, 0.05) is 24.7 Å². The van der Waals surface area contributed by atoms with Gasteiger partial charge in [-0.05, 0) is 38.4 Å². The molecule has 0 fully saturated rings. The summed E-state index contributed by atoms with van der Waals surface area (Å²) in [6, 6.07) is 2.65. The van der Waals surface area contributed by atoms with Crippen LogP contribution in [0.2, 0.25) is 0 Å². The first kappa shape index (κ1) is 16.6. The lowest BCUT2D eigenvalue weighted by Gasteiger charge is -2.15. The quantitative estimate of drug-likeness (QED) is 0.484. The number of nitro groups is 1. The Morgan fingerprint density at radius 1 is 1.32 bits per heavy atom. The number of sulfonamides is 1. The van der Waals surface area contributed by atoms with E-state index in [1.54, 1.807) is 13.8 Å². The van der Waals surface area contributed by atoms with Crippen molar-refractivity contribution >= 4 is 15.7 Å². The van der Waals surface area contributed by atoms with Gasteiger partial charge < -0.3 is 5.32 Å². The zero-order chi connectivity index (χ0) is 16.3. The van der Waals surface area contributed by atoms with Crippen LogP contribution in [0.4, 0.5) is 5.69 Å². The number of hydrogen-bond donors (Lipinski definition) is 2. The van der Waals surface area contributed by atoms with Gasteiger partial charge in [0.05, 0.1) is 9.82 Å². The molecule has 8 heteroatoms. The monoisotopic (exact) mass is 325 g/mol. The number of nitro benzene ring substituents is 1. The molecule has 0 radical (unpaired) electrons. The predicted octanol–water partition coefficient (Wildman–Crippen LogP) is 1.41. The first-order valence-corrected chi connectivity index (χ1v) is 8.43. The average molecular weight is 325 g/mol. The normalized spacial score (nSPS) is 15.5. The van der Waals surface area contributed by atoms with Crippen LogP contribution < -0.4 is 10.0 Å². The Hall–Kier alpha value is -1.77. The molecule has 0 unspecified atom stereocenters. The minimum atomic E-state index is -3.78. The summed E-state index contributed by atoms with van der Waals surface area (Å²) < 4.78 is 27.3. The SMILES string of the molecule is Cc1cc(C)c(S(=O)(=O)NCC2=CCNCC2)cc1[N+](=O)[O-]. The Kier molecular flexibility index (Phi) is 4.94. The second-order valence-corrected chi connectivity index (χ2v) is 7.04. The van der Waals surface area contributed by atoms with Crippen LogP contribution in [0, 0.1) is 24.0 Å². The van der Waals surface area contributed by atoms with Gasteiger partial charge in [-0.3, -0.25) is 10.1 Å². The van der Waals surface area contributed by atoms with Gasteiger partial charge in [-0.25, -0.2) is 13.1 Å². The van der Waals surface area contributed by atoms with Crippen LogP contribution in [0.3, 0.4) is 0 Å². The molecule has 120 valence electrons. The summed E-state index contributed by atoms with van der Waals surface area (Å²) in [6.45, 7) is 5.00. The lowest BCUT2D eigenvalue weighted by Crippen LogP contribution is -2.30. The summed E-state index contributed by atoms with van der Waals surface area (Å²) in [5.74, 6) is 0. The van der Waals surface area contributed by atoms with Crippen LogP contribution in [-0.2, 0) is 10.0 Å². The van der Waals surface area contributed by atoms with Gasteiger partial charge in [-0.15, -0.1) is 0 Å². The molecule has 1 aliphatic heterocycles. The zero-order valence-corrected chi connectivity index (χ0v) is 13.4. The number of aryl methyl sites for hydroxylation is 2. The maximum absolute atomic E-state index is 12.4. The third-order valence-corrected chi connectivity index (χ3v) is 5.17. The molecule has 22 heavy (non-hydrogen) atoms. The summed E-state index contributed by atoms with van der Waals surface area (Å²) in [5, 5.41) is 14.1. The standard InChI is InChI=1S/C14H19N3O4S/c1-10-7-11(2)14(8-13(10)17(18)19)22(20,21)16-9-12-3-5-15-6-4-12/h3,7-8,15-16H,4-6,9H2,1-2H3. The van der Waals surface area contributed by atoms with Gasteiger partial charge in [0.1, 0.15) is 0 Å². The van der Waals surface area contributed by atoms with Gasteiger partial charge in [0.2, 0.25) is 10.0 Å². The summed E-state index contributed by atoms with van der Waals surface area (Å²) in [7, 11) is -3.78. The minimum Gasteiger partial charge on any atom is -0.313 e. The largest absolute Gasteiger partial charge is 0.313 e. The van der Waals surface area contributed by atoms with E-state index in [1.807, 2.05) is 6.08 Å². The Labute approximate surface area is 129 Å². The van der Waals surface area contributed by atoms with Crippen molar-refractivity contribution in [2.75, 3.05) is 19.6 Å². The highest BCUT2D eigenvalue weighted by molar-refractivity contribution is 7.89. The van der Waals surface area contributed by atoms with Gasteiger partial charge >= 0.3 is 0 Å². The average Bonchev–Trinajstić information content (AvgIpc) is 2.45. The Morgan fingerprint density at radius 3 is 2.64 bits per heavy atom. The van der Waals surface area contributed by atoms with Crippen molar-refractivity contribution in [3.8, 4) is 0 Å². The predicted molar refractivity (Wildman–Crippen MR) is 83.3 cm³/mol.